The quantitative estimate of drug-likeness (QED) is 0.862. The van der Waals surface area contributed by atoms with Crippen molar-refractivity contribution in [2.45, 2.75) is 12.2 Å². The fourth-order valence-corrected chi connectivity index (χ4v) is 2.47. The number of benzene rings is 1. The summed E-state index contributed by atoms with van der Waals surface area (Å²) in [6.07, 6.45) is -4.70. The molecule has 1 N–H and O–H groups in total. The predicted octanol–water partition coefficient (Wildman–Crippen LogP) is 2.76. The van der Waals surface area contributed by atoms with Crippen molar-refractivity contribution in [2.24, 2.45) is 0 Å². The van der Waals surface area contributed by atoms with Gasteiger partial charge in [-0.1, -0.05) is 6.07 Å². The van der Waals surface area contributed by atoms with Crippen LogP contribution in [0, 0.1) is 5.82 Å². The SMILES string of the molecule is FC[C@@H](c1c(F)cccc1C(F)(F)F)N1CCNCC1. The molecule has 1 fully saturated rings. The van der Waals surface area contributed by atoms with Gasteiger partial charge in [-0.2, -0.15) is 13.2 Å². The molecule has 0 aliphatic carbocycles. The highest BCUT2D eigenvalue weighted by Gasteiger charge is 2.38. The van der Waals surface area contributed by atoms with Gasteiger partial charge in [0.25, 0.3) is 0 Å². The normalized spacial score (nSPS) is 19.1. The minimum Gasteiger partial charge on any atom is -0.314 e. The number of hydrogen-bond acceptors (Lipinski definition) is 2. The van der Waals surface area contributed by atoms with Gasteiger partial charge in [0, 0.05) is 31.7 Å². The Balaban J connectivity index is 2.42. The number of piperazine rings is 1. The van der Waals surface area contributed by atoms with Crippen molar-refractivity contribution in [3.8, 4) is 0 Å². The Morgan fingerprint density at radius 2 is 1.85 bits per heavy atom. The molecule has 20 heavy (non-hydrogen) atoms. The molecule has 0 bridgehead atoms. The molecule has 1 aliphatic rings. The van der Waals surface area contributed by atoms with Crippen LogP contribution in [0.1, 0.15) is 17.2 Å². The highest BCUT2D eigenvalue weighted by molar-refractivity contribution is 5.34. The van der Waals surface area contributed by atoms with Crippen LogP contribution in [0.25, 0.3) is 0 Å². The van der Waals surface area contributed by atoms with Gasteiger partial charge in [-0.25, -0.2) is 8.78 Å². The maximum absolute atomic E-state index is 13.9. The lowest BCUT2D eigenvalue weighted by atomic mass is 9.98. The molecule has 0 aromatic heterocycles. The van der Waals surface area contributed by atoms with Crippen molar-refractivity contribution in [1.29, 1.82) is 0 Å². The molecule has 1 heterocycles. The van der Waals surface area contributed by atoms with Crippen LogP contribution in [0.15, 0.2) is 18.2 Å². The van der Waals surface area contributed by atoms with E-state index in [-0.39, 0.29) is 0 Å². The first kappa shape index (κ1) is 15.2. The number of rotatable bonds is 3. The minimum atomic E-state index is -4.70. The molecule has 0 unspecified atom stereocenters. The number of hydrogen-bond donors (Lipinski definition) is 1. The van der Waals surface area contributed by atoms with Crippen LogP contribution in [-0.4, -0.2) is 37.8 Å². The van der Waals surface area contributed by atoms with E-state index in [1.807, 2.05) is 0 Å². The molecule has 1 aliphatic heterocycles. The van der Waals surface area contributed by atoms with Gasteiger partial charge in [0.05, 0.1) is 11.6 Å². The second-order valence-electron chi connectivity index (χ2n) is 4.65. The Labute approximate surface area is 113 Å². The van der Waals surface area contributed by atoms with E-state index in [9.17, 15) is 22.0 Å². The van der Waals surface area contributed by atoms with E-state index < -0.39 is 35.8 Å². The summed E-state index contributed by atoms with van der Waals surface area (Å²) < 4.78 is 66.1. The second-order valence-corrected chi connectivity index (χ2v) is 4.65. The average Bonchev–Trinajstić information content (AvgIpc) is 2.41. The summed E-state index contributed by atoms with van der Waals surface area (Å²) >= 11 is 0. The van der Waals surface area contributed by atoms with E-state index in [0.29, 0.717) is 26.2 Å². The monoisotopic (exact) mass is 294 g/mol. The Kier molecular flexibility index (Phi) is 4.59. The van der Waals surface area contributed by atoms with Crippen LogP contribution in [0.4, 0.5) is 22.0 Å². The van der Waals surface area contributed by atoms with Gasteiger partial charge < -0.3 is 5.32 Å². The summed E-state index contributed by atoms with van der Waals surface area (Å²) in [5.74, 6) is -1.01. The molecule has 1 saturated heterocycles. The zero-order chi connectivity index (χ0) is 14.8. The van der Waals surface area contributed by atoms with E-state index in [1.54, 1.807) is 4.90 Å². The standard InChI is InChI=1S/C13H15F5N2/c14-8-11(20-6-4-19-5-7-20)12-9(13(16,17)18)2-1-3-10(12)15/h1-3,11,19H,4-8H2/t11-/m0/s1. The van der Waals surface area contributed by atoms with Crippen molar-refractivity contribution < 1.29 is 22.0 Å². The molecule has 2 nitrogen and oxygen atoms in total. The third-order valence-corrected chi connectivity index (χ3v) is 3.43. The first-order valence-electron chi connectivity index (χ1n) is 6.31. The lowest BCUT2D eigenvalue weighted by Crippen LogP contribution is -2.46. The molecule has 0 amide bonds. The van der Waals surface area contributed by atoms with Crippen LogP contribution < -0.4 is 5.32 Å². The van der Waals surface area contributed by atoms with Gasteiger partial charge in [0.2, 0.25) is 0 Å². The van der Waals surface area contributed by atoms with Gasteiger partial charge in [0.15, 0.2) is 0 Å². The number of nitrogens with zero attached hydrogens (tertiary/aromatic N) is 1. The third kappa shape index (κ3) is 3.09. The summed E-state index contributed by atoms with van der Waals surface area (Å²) in [6, 6.07) is 1.53. The molecule has 7 heteroatoms. The lowest BCUT2D eigenvalue weighted by molar-refractivity contribution is -0.139. The summed E-state index contributed by atoms with van der Waals surface area (Å²) in [4.78, 5) is 1.55. The first-order chi connectivity index (χ1) is 9.45. The molecular formula is C13H15F5N2. The third-order valence-electron chi connectivity index (χ3n) is 3.43. The molecule has 1 atom stereocenters. The number of halogens is 5. The topological polar surface area (TPSA) is 15.3 Å². The maximum Gasteiger partial charge on any atom is 0.416 e. The van der Waals surface area contributed by atoms with E-state index in [4.69, 9.17) is 0 Å². The fourth-order valence-electron chi connectivity index (χ4n) is 2.47. The Morgan fingerprint density at radius 3 is 2.40 bits per heavy atom. The van der Waals surface area contributed by atoms with Crippen molar-refractivity contribution >= 4 is 0 Å². The zero-order valence-corrected chi connectivity index (χ0v) is 10.7. The largest absolute Gasteiger partial charge is 0.416 e. The van der Waals surface area contributed by atoms with Gasteiger partial charge in [-0.3, -0.25) is 4.90 Å². The van der Waals surface area contributed by atoms with E-state index in [2.05, 4.69) is 5.32 Å². The second kappa shape index (κ2) is 6.05. The highest BCUT2D eigenvalue weighted by Crippen LogP contribution is 2.37. The van der Waals surface area contributed by atoms with E-state index >= 15 is 0 Å². The van der Waals surface area contributed by atoms with Crippen LogP contribution in [0.3, 0.4) is 0 Å². The minimum absolute atomic E-state index is 0.389. The average molecular weight is 294 g/mol. The molecule has 0 spiro atoms. The predicted molar refractivity (Wildman–Crippen MR) is 64.6 cm³/mol. The molecular weight excluding hydrogens is 279 g/mol. The van der Waals surface area contributed by atoms with E-state index in [1.165, 1.54) is 0 Å². The highest BCUT2D eigenvalue weighted by atomic mass is 19.4. The molecule has 0 radical (unpaired) electrons. The smallest absolute Gasteiger partial charge is 0.314 e. The van der Waals surface area contributed by atoms with Gasteiger partial charge in [-0.15, -0.1) is 0 Å². The van der Waals surface area contributed by atoms with Crippen molar-refractivity contribution in [3.05, 3.63) is 35.1 Å². The summed E-state index contributed by atoms with van der Waals surface area (Å²) in [5, 5.41) is 3.02. The molecule has 1 aromatic carbocycles. The van der Waals surface area contributed by atoms with Crippen LogP contribution >= 0.6 is 0 Å². The molecule has 1 aromatic rings. The van der Waals surface area contributed by atoms with Gasteiger partial charge in [0.1, 0.15) is 12.5 Å². The molecule has 2 rings (SSSR count). The lowest BCUT2D eigenvalue weighted by Gasteiger charge is -2.34. The Bertz CT molecular complexity index is 455. The number of nitrogens with one attached hydrogen (secondary N) is 1. The van der Waals surface area contributed by atoms with Gasteiger partial charge >= 0.3 is 6.18 Å². The number of alkyl halides is 4. The van der Waals surface area contributed by atoms with Crippen molar-refractivity contribution in [1.82, 2.24) is 10.2 Å². The Morgan fingerprint density at radius 1 is 1.20 bits per heavy atom. The summed E-state index contributed by atoms with van der Waals surface area (Å²) in [7, 11) is 0. The molecule has 112 valence electrons. The van der Waals surface area contributed by atoms with E-state index in [0.717, 1.165) is 18.2 Å². The van der Waals surface area contributed by atoms with Crippen LogP contribution in [0.2, 0.25) is 0 Å². The maximum atomic E-state index is 13.9. The Hall–Kier alpha value is -1.21. The summed E-state index contributed by atoms with van der Waals surface area (Å²) in [5.41, 5.74) is -1.69. The summed E-state index contributed by atoms with van der Waals surface area (Å²) in [6.45, 7) is 0.822. The van der Waals surface area contributed by atoms with Crippen LogP contribution in [-0.2, 0) is 6.18 Å². The zero-order valence-electron chi connectivity index (χ0n) is 10.7. The van der Waals surface area contributed by atoms with Crippen molar-refractivity contribution in [2.75, 3.05) is 32.9 Å². The fraction of sp³-hybridized carbons (Fsp3) is 0.538. The van der Waals surface area contributed by atoms with Gasteiger partial charge in [-0.05, 0) is 12.1 Å². The van der Waals surface area contributed by atoms with Crippen LogP contribution in [0.5, 0.6) is 0 Å². The molecule has 0 saturated carbocycles. The van der Waals surface area contributed by atoms with Crippen molar-refractivity contribution in [3.63, 3.8) is 0 Å². The first-order valence-corrected chi connectivity index (χ1v) is 6.31.